The van der Waals surface area contributed by atoms with Gasteiger partial charge in [-0.05, 0) is 40.0 Å². The van der Waals surface area contributed by atoms with E-state index < -0.39 is 5.60 Å². The molecular formula is C16H30N2O3. The standard InChI is InChI=1S/C14H24N2O3.C2H6/c1-14(2,3)19-13(18)16-9-6-11(10-16)12(17)15-7-4-5-8-15;1-2/h11H,4-10H2,1-3H3;1-2H3/t11-;/m0./s1. The Morgan fingerprint density at radius 1 is 1.00 bits per heavy atom. The SMILES string of the molecule is CC.CC(C)(C)OC(=O)N1CC[C@H](C(=O)N2CCCC2)C1. The lowest BCUT2D eigenvalue weighted by Gasteiger charge is -2.25. The highest BCUT2D eigenvalue weighted by Gasteiger charge is 2.35. The van der Waals surface area contributed by atoms with Crippen LogP contribution in [0.4, 0.5) is 4.79 Å². The van der Waals surface area contributed by atoms with Gasteiger partial charge in [0.2, 0.25) is 5.91 Å². The van der Waals surface area contributed by atoms with Gasteiger partial charge in [-0.2, -0.15) is 0 Å². The lowest BCUT2D eigenvalue weighted by Crippen LogP contribution is -2.38. The molecule has 5 heteroatoms. The van der Waals surface area contributed by atoms with Gasteiger partial charge in [-0.1, -0.05) is 13.8 Å². The van der Waals surface area contributed by atoms with Crippen molar-refractivity contribution in [1.82, 2.24) is 9.80 Å². The maximum Gasteiger partial charge on any atom is 0.410 e. The Kier molecular flexibility index (Phi) is 6.49. The molecule has 0 bridgehead atoms. The fraction of sp³-hybridized carbons (Fsp3) is 0.875. The fourth-order valence-electron chi connectivity index (χ4n) is 2.65. The van der Waals surface area contributed by atoms with E-state index in [2.05, 4.69) is 0 Å². The third-order valence-corrected chi connectivity index (χ3v) is 3.61. The average molecular weight is 298 g/mol. The summed E-state index contributed by atoms with van der Waals surface area (Å²) in [6.45, 7) is 12.4. The number of rotatable bonds is 1. The van der Waals surface area contributed by atoms with E-state index in [0.29, 0.717) is 13.1 Å². The number of carbonyl (C=O) groups is 2. The van der Waals surface area contributed by atoms with Gasteiger partial charge in [0.1, 0.15) is 5.60 Å². The lowest BCUT2D eigenvalue weighted by atomic mass is 10.1. The fourth-order valence-corrected chi connectivity index (χ4v) is 2.65. The molecule has 2 aliphatic rings. The summed E-state index contributed by atoms with van der Waals surface area (Å²) in [5.41, 5.74) is -0.478. The lowest BCUT2D eigenvalue weighted by molar-refractivity contribution is -0.133. The first-order valence-corrected chi connectivity index (χ1v) is 8.13. The molecule has 0 aromatic rings. The zero-order chi connectivity index (χ0) is 16.0. The first-order chi connectivity index (χ1) is 9.87. The molecule has 2 heterocycles. The summed E-state index contributed by atoms with van der Waals surface area (Å²) in [4.78, 5) is 27.8. The number of likely N-dealkylation sites (tertiary alicyclic amines) is 2. The number of hydrogen-bond acceptors (Lipinski definition) is 3. The molecule has 1 atom stereocenters. The van der Waals surface area contributed by atoms with Gasteiger partial charge in [-0.3, -0.25) is 4.79 Å². The highest BCUT2D eigenvalue weighted by molar-refractivity contribution is 5.81. The summed E-state index contributed by atoms with van der Waals surface area (Å²) in [5.74, 6) is 0.175. The van der Waals surface area contributed by atoms with Gasteiger partial charge in [-0.25, -0.2) is 4.79 Å². The van der Waals surface area contributed by atoms with Crippen molar-refractivity contribution in [3.8, 4) is 0 Å². The molecule has 122 valence electrons. The predicted molar refractivity (Wildman–Crippen MR) is 83.1 cm³/mol. The van der Waals surface area contributed by atoms with E-state index in [1.54, 1.807) is 4.90 Å². The number of amides is 2. The van der Waals surface area contributed by atoms with Crippen LogP contribution in [0, 0.1) is 5.92 Å². The molecular weight excluding hydrogens is 268 g/mol. The monoisotopic (exact) mass is 298 g/mol. The smallest absolute Gasteiger partial charge is 0.410 e. The summed E-state index contributed by atoms with van der Waals surface area (Å²) >= 11 is 0. The van der Waals surface area contributed by atoms with Gasteiger partial charge in [0.15, 0.2) is 0 Å². The molecule has 0 saturated carbocycles. The third kappa shape index (κ3) is 5.21. The van der Waals surface area contributed by atoms with Gasteiger partial charge in [0, 0.05) is 26.2 Å². The Morgan fingerprint density at radius 2 is 1.57 bits per heavy atom. The van der Waals surface area contributed by atoms with Gasteiger partial charge >= 0.3 is 6.09 Å². The summed E-state index contributed by atoms with van der Waals surface area (Å²) in [6.07, 6.45) is 2.67. The highest BCUT2D eigenvalue weighted by Crippen LogP contribution is 2.23. The summed E-state index contributed by atoms with van der Waals surface area (Å²) in [6, 6.07) is 0. The van der Waals surface area contributed by atoms with Gasteiger partial charge < -0.3 is 14.5 Å². The molecule has 2 rings (SSSR count). The van der Waals surface area contributed by atoms with Gasteiger partial charge in [-0.15, -0.1) is 0 Å². The molecule has 2 saturated heterocycles. The summed E-state index contributed by atoms with van der Waals surface area (Å²) < 4.78 is 5.34. The molecule has 21 heavy (non-hydrogen) atoms. The predicted octanol–water partition coefficient (Wildman–Crippen LogP) is 2.89. The van der Waals surface area contributed by atoms with Crippen LogP contribution in [0.3, 0.4) is 0 Å². The van der Waals surface area contributed by atoms with Crippen molar-refractivity contribution >= 4 is 12.0 Å². The van der Waals surface area contributed by atoms with Crippen LogP contribution in [0.15, 0.2) is 0 Å². The second-order valence-corrected chi connectivity index (χ2v) is 6.44. The Bertz CT molecular complexity index is 357. The molecule has 0 unspecified atom stereocenters. The Labute approximate surface area is 128 Å². The minimum Gasteiger partial charge on any atom is -0.444 e. The van der Waals surface area contributed by atoms with Crippen molar-refractivity contribution in [1.29, 1.82) is 0 Å². The summed E-state index contributed by atoms with van der Waals surface area (Å²) in [7, 11) is 0. The topological polar surface area (TPSA) is 49.9 Å². The highest BCUT2D eigenvalue weighted by atomic mass is 16.6. The molecule has 0 aliphatic carbocycles. The Morgan fingerprint density at radius 3 is 2.10 bits per heavy atom. The normalized spacial score (nSPS) is 21.9. The van der Waals surface area contributed by atoms with Crippen LogP contribution in [-0.4, -0.2) is 53.6 Å². The summed E-state index contributed by atoms with van der Waals surface area (Å²) in [5, 5.41) is 0. The minimum absolute atomic E-state index is 0.0365. The minimum atomic E-state index is -0.478. The largest absolute Gasteiger partial charge is 0.444 e. The van der Waals surface area contributed by atoms with Crippen molar-refractivity contribution in [2.24, 2.45) is 5.92 Å². The second kappa shape index (κ2) is 7.66. The molecule has 0 spiro atoms. The quantitative estimate of drug-likeness (QED) is 0.748. The number of nitrogens with zero attached hydrogens (tertiary/aromatic N) is 2. The number of hydrogen-bond donors (Lipinski definition) is 0. The van der Waals surface area contributed by atoms with E-state index >= 15 is 0 Å². The van der Waals surface area contributed by atoms with Crippen molar-refractivity contribution < 1.29 is 14.3 Å². The molecule has 2 fully saturated rings. The van der Waals surface area contributed by atoms with Crippen molar-refractivity contribution in [2.75, 3.05) is 26.2 Å². The molecule has 2 amide bonds. The van der Waals surface area contributed by atoms with Crippen LogP contribution in [0.5, 0.6) is 0 Å². The maximum absolute atomic E-state index is 12.2. The van der Waals surface area contributed by atoms with Crippen LogP contribution in [0.1, 0.15) is 53.9 Å². The van der Waals surface area contributed by atoms with Crippen LogP contribution in [0.25, 0.3) is 0 Å². The zero-order valence-electron chi connectivity index (χ0n) is 14.1. The van der Waals surface area contributed by atoms with E-state index in [4.69, 9.17) is 4.74 Å². The average Bonchev–Trinajstić information content (AvgIpc) is 3.10. The molecule has 5 nitrogen and oxygen atoms in total. The van der Waals surface area contributed by atoms with Gasteiger partial charge in [0.05, 0.1) is 5.92 Å². The molecule has 2 aliphatic heterocycles. The van der Waals surface area contributed by atoms with Crippen LogP contribution in [0.2, 0.25) is 0 Å². The molecule has 0 aromatic heterocycles. The van der Waals surface area contributed by atoms with Crippen LogP contribution >= 0.6 is 0 Å². The maximum atomic E-state index is 12.2. The van der Waals surface area contributed by atoms with E-state index in [1.165, 1.54) is 0 Å². The van der Waals surface area contributed by atoms with E-state index in [-0.39, 0.29) is 17.9 Å². The van der Waals surface area contributed by atoms with Crippen LogP contribution in [-0.2, 0) is 9.53 Å². The first kappa shape index (κ1) is 17.8. The Hall–Kier alpha value is -1.26. The van der Waals surface area contributed by atoms with E-state index in [1.807, 2.05) is 39.5 Å². The van der Waals surface area contributed by atoms with Crippen molar-refractivity contribution in [3.63, 3.8) is 0 Å². The second-order valence-electron chi connectivity index (χ2n) is 6.44. The van der Waals surface area contributed by atoms with E-state index in [9.17, 15) is 9.59 Å². The third-order valence-electron chi connectivity index (χ3n) is 3.61. The molecule has 0 N–H and O–H groups in total. The van der Waals surface area contributed by atoms with Crippen LogP contribution < -0.4 is 0 Å². The zero-order valence-corrected chi connectivity index (χ0v) is 14.1. The van der Waals surface area contributed by atoms with Crippen molar-refractivity contribution in [2.45, 2.75) is 59.5 Å². The Balaban J connectivity index is 0.00000106. The molecule has 0 aromatic carbocycles. The first-order valence-electron chi connectivity index (χ1n) is 8.13. The molecule has 0 radical (unpaired) electrons. The number of carbonyl (C=O) groups excluding carboxylic acids is 2. The van der Waals surface area contributed by atoms with E-state index in [0.717, 1.165) is 32.4 Å². The van der Waals surface area contributed by atoms with Crippen molar-refractivity contribution in [3.05, 3.63) is 0 Å². The number of ether oxygens (including phenoxy) is 1. The van der Waals surface area contributed by atoms with Gasteiger partial charge in [0.25, 0.3) is 0 Å².